The molecule has 12 rings (SSSR count). The lowest BCUT2D eigenvalue weighted by atomic mass is 10.0. The predicted octanol–water partition coefficient (Wildman–Crippen LogP) is 16.2. The Bertz CT molecular complexity index is 3510. The molecule has 3 nitrogen and oxygen atoms in total. The molecule has 0 aliphatic rings. The van der Waals surface area contributed by atoms with E-state index in [1.54, 1.807) is 11.3 Å². The highest BCUT2D eigenvalue weighted by Gasteiger charge is 2.19. The minimum atomic E-state index is 1.06. The SMILES string of the molecule is c1ccc(-c2ccc(N(c3ccc(-c4cccc5c4sc4cc6sc(-c7ccccc7)nc6cc45)cc3)c3ccc4c(c3)c3ccccc3n4-c3ccccc3)cc2)cc1. The van der Waals surface area contributed by atoms with Gasteiger partial charge in [-0.25, -0.2) is 4.98 Å². The molecule has 0 radical (unpaired) electrons. The van der Waals surface area contributed by atoms with E-state index in [0.29, 0.717) is 0 Å². The number of thiophene rings is 1. The van der Waals surface area contributed by atoms with E-state index in [9.17, 15) is 0 Å². The van der Waals surface area contributed by atoms with Gasteiger partial charge >= 0.3 is 0 Å². The molecular weight excluding hydrogens is 767 g/mol. The molecule has 60 heavy (non-hydrogen) atoms. The van der Waals surface area contributed by atoms with Crippen molar-refractivity contribution in [3.05, 3.63) is 212 Å². The summed E-state index contributed by atoms with van der Waals surface area (Å²) in [6.07, 6.45) is 0. The van der Waals surface area contributed by atoms with Gasteiger partial charge in [0.15, 0.2) is 0 Å². The molecule has 0 saturated carbocycles. The summed E-state index contributed by atoms with van der Waals surface area (Å²) in [5.74, 6) is 0. The summed E-state index contributed by atoms with van der Waals surface area (Å²) in [7, 11) is 0. The van der Waals surface area contributed by atoms with Gasteiger partial charge in [0, 0.05) is 59.3 Å². The lowest BCUT2D eigenvalue weighted by Crippen LogP contribution is -2.10. The molecule has 0 saturated heterocycles. The minimum absolute atomic E-state index is 1.06. The number of fused-ring (bicyclic) bond motifs is 7. The Morgan fingerprint density at radius 1 is 0.383 bits per heavy atom. The fourth-order valence-corrected chi connectivity index (χ4v) is 11.1. The summed E-state index contributed by atoms with van der Waals surface area (Å²) in [4.78, 5) is 7.45. The van der Waals surface area contributed by atoms with Crippen molar-refractivity contribution in [1.29, 1.82) is 0 Å². The van der Waals surface area contributed by atoms with Crippen LogP contribution in [0.5, 0.6) is 0 Å². The van der Waals surface area contributed by atoms with Crippen molar-refractivity contribution < 1.29 is 0 Å². The molecule has 0 bridgehead atoms. The number of para-hydroxylation sites is 2. The van der Waals surface area contributed by atoms with E-state index < -0.39 is 0 Å². The average Bonchev–Trinajstić information content (AvgIpc) is 4.01. The maximum atomic E-state index is 5.06. The average molecular weight is 802 g/mol. The third kappa shape index (κ3) is 5.82. The zero-order valence-corrected chi connectivity index (χ0v) is 34.0. The number of hydrogen-bond acceptors (Lipinski definition) is 4. The second-order valence-corrected chi connectivity index (χ2v) is 17.3. The zero-order chi connectivity index (χ0) is 39.6. The lowest BCUT2D eigenvalue weighted by Gasteiger charge is -2.26. The Morgan fingerprint density at radius 2 is 0.983 bits per heavy atom. The van der Waals surface area contributed by atoms with Crippen LogP contribution in [0.15, 0.2) is 212 Å². The monoisotopic (exact) mass is 801 g/mol. The van der Waals surface area contributed by atoms with Crippen molar-refractivity contribution in [2.45, 2.75) is 0 Å². The van der Waals surface area contributed by atoms with E-state index in [4.69, 9.17) is 4.98 Å². The third-order valence-corrected chi connectivity index (χ3v) is 13.9. The van der Waals surface area contributed by atoms with Gasteiger partial charge in [-0.15, -0.1) is 22.7 Å². The first-order chi connectivity index (χ1) is 29.7. The number of benzene rings is 9. The molecule has 0 atom stereocenters. The summed E-state index contributed by atoms with van der Waals surface area (Å²) in [6, 6.07) is 76.8. The van der Waals surface area contributed by atoms with Crippen LogP contribution < -0.4 is 4.90 Å². The van der Waals surface area contributed by atoms with Gasteiger partial charge in [0.05, 0.1) is 21.3 Å². The minimum Gasteiger partial charge on any atom is -0.310 e. The van der Waals surface area contributed by atoms with E-state index in [2.05, 4.69) is 222 Å². The molecule has 0 unspecified atom stereocenters. The Morgan fingerprint density at radius 3 is 1.73 bits per heavy atom. The molecule has 0 fully saturated rings. The van der Waals surface area contributed by atoms with E-state index >= 15 is 0 Å². The van der Waals surface area contributed by atoms with Crippen molar-refractivity contribution in [3.63, 3.8) is 0 Å². The molecule has 0 N–H and O–H groups in total. The van der Waals surface area contributed by atoms with Crippen molar-refractivity contribution in [3.8, 4) is 38.5 Å². The van der Waals surface area contributed by atoms with Crippen molar-refractivity contribution >= 4 is 91.9 Å². The highest BCUT2D eigenvalue weighted by atomic mass is 32.1. The number of thiazole rings is 1. The van der Waals surface area contributed by atoms with Crippen LogP contribution in [-0.2, 0) is 0 Å². The Labute approximate surface area is 355 Å². The van der Waals surface area contributed by atoms with Crippen LogP contribution in [0.25, 0.3) is 90.7 Å². The molecule has 0 amide bonds. The molecule has 282 valence electrons. The van der Waals surface area contributed by atoms with Crippen molar-refractivity contribution in [2.75, 3.05) is 4.90 Å². The largest absolute Gasteiger partial charge is 0.310 e. The maximum Gasteiger partial charge on any atom is 0.124 e. The molecule has 12 aromatic rings. The van der Waals surface area contributed by atoms with Gasteiger partial charge in [0.25, 0.3) is 0 Å². The van der Waals surface area contributed by atoms with E-state index in [0.717, 1.165) is 38.8 Å². The lowest BCUT2D eigenvalue weighted by molar-refractivity contribution is 1.18. The first-order valence-electron chi connectivity index (χ1n) is 20.2. The normalized spacial score (nSPS) is 11.7. The number of nitrogens with zero attached hydrogens (tertiary/aromatic N) is 3. The van der Waals surface area contributed by atoms with Crippen LogP contribution in [0.3, 0.4) is 0 Å². The number of hydrogen-bond donors (Lipinski definition) is 0. The number of aromatic nitrogens is 2. The van der Waals surface area contributed by atoms with Crippen LogP contribution in [0, 0.1) is 0 Å². The van der Waals surface area contributed by atoms with Gasteiger partial charge in [-0.1, -0.05) is 140 Å². The smallest absolute Gasteiger partial charge is 0.124 e. The molecule has 0 aliphatic heterocycles. The quantitative estimate of drug-likeness (QED) is 0.160. The van der Waals surface area contributed by atoms with Crippen LogP contribution in [0.1, 0.15) is 0 Å². The summed E-state index contributed by atoms with van der Waals surface area (Å²) < 4.78 is 6.19. The third-order valence-electron chi connectivity index (χ3n) is 11.6. The first-order valence-corrected chi connectivity index (χ1v) is 21.8. The van der Waals surface area contributed by atoms with Gasteiger partial charge < -0.3 is 9.47 Å². The molecule has 0 spiro atoms. The van der Waals surface area contributed by atoms with Crippen molar-refractivity contribution in [2.24, 2.45) is 0 Å². The Balaban J connectivity index is 0.966. The Hall–Kier alpha value is -7.31. The maximum absolute atomic E-state index is 5.06. The van der Waals surface area contributed by atoms with E-state index in [1.807, 2.05) is 11.3 Å². The summed E-state index contributed by atoms with van der Waals surface area (Å²) in [6.45, 7) is 0. The van der Waals surface area contributed by atoms with Crippen LogP contribution in [0.4, 0.5) is 17.1 Å². The van der Waals surface area contributed by atoms with E-state index in [1.165, 1.54) is 68.9 Å². The number of anilines is 3. The summed E-state index contributed by atoms with van der Waals surface area (Å²) in [5, 5.41) is 6.05. The van der Waals surface area contributed by atoms with Crippen LogP contribution in [0.2, 0.25) is 0 Å². The predicted molar refractivity (Wildman–Crippen MR) is 258 cm³/mol. The molecule has 3 aromatic heterocycles. The van der Waals surface area contributed by atoms with Gasteiger partial charge in [-0.05, 0) is 95.1 Å². The van der Waals surface area contributed by atoms with Gasteiger partial charge in [-0.2, -0.15) is 0 Å². The Kier molecular flexibility index (Phi) is 8.22. The van der Waals surface area contributed by atoms with Gasteiger partial charge in [0.1, 0.15) is 5.01 Å². The molecule has 9 aromatic carbocycles. The second kappa shape index (κ2) is 14.2. The number of rotatable bonds is 7. The van der Waals surface area contributed by atoms with Crippen molar-refractivity contribution in [1.82, 2.24) is 9.55 Å². The summed E-state index contributed by atoms with van der Waals surface area (Å²) >= 11 is 3.64. The highest BCUT2D eigenvalue weighted by Crippen LogP contribution is 2.45. The molecule has 0 aliphatic carbocycles. The zero-order valence-electron chi connectivity index (χ0n) is 32.4. The fraction of sp³-hybridized carbons (Fsp3) is 0. The first kappa shape index (κ1) is 34.7. The molecule has 3 heterocycles. The highest BCUT2D eigenvalue weighted by molar-refractivity contribution is 7.27. The van der Waals surface area contributed by atoms with E-state index in [-0.39, 0.29) is 0 Å². The second-order valence-electron chi connectivity index (χ2n) is 15.2. The van der Waals surface area contributed by atoms with Crippen LogP contribution >= 0.6 is 22.7 Å². The standard InChI is InChI=1S/C55H35N3S2/c1-4-13-36(14-5-1)37-23-27-41(28-24-37)57(43-31-32-51-47(33-43)45-19-10-11-22-50(45)58(51)40-17-8-3-9-18-40)42-29-25-38(26-30-42)44-20-12-21-46-48-34-49-53(35-52(48)59-54(44)46)60-55(56-49)39-15-6-2-7-16-39/h1-35H. The molecule has 5 heteroatoms. The summed E-state index contributed by atoms with van der Waals surface area (Å²) in [5.41, 5.74) is 13.9. The van der Waals surface area contributed by atoms with Gasteiger partial charge in [-0.3, -0.25) is 0 Å². The molecular formula is C55H35N3S2. The van der Waals surface area contributed by atoms with Gasteiger partial charge in [0.2, 0.25) is 0 Å². The van der Waals surface area contributed by atoms with Crippen LogP contribution in [-0.4, -0.2) is 9.55 Å². The fourth-order valence-electron chi connectivity index (χ4n) is 8.78. The topological polar surface area (TPSA) is 21.1 Å².